The van der Waals surface area contributed by atoms with Crippen molar-refractivity contribution in [1.82, 2.24) is 4.90 Å². The lowest BCUT2D eigenvalue weighted by molar-refractivity contribution is -0.140. The first-order valence-corrected chi connectivity index (χ1v) is 7.15. The largest absolute Gasteiger partial charge is 0.341 e. The van der Waals surface area contributed by atoms with Crippen LogP contribution in [0.1, 0.15) is 31.2 Å². The number of carbonyl (C=O) groups is 1. The van der Waals surface area contributed by atoms with E-state index in [1.165, 1.54) is 0 Å². The van der Waals surface area contributed by atoms with Gasteiger partial charge in [0.1, 0.15) is 0 Å². The molecule has 1 saturated carbocycles. The number of nitrogens with two attached hydrogens (primary N) is 1. The van der Waals surface area contributed by atoms with Gasteiger partial charge in [-0.05, 0) is 30.5 Å². The van der Waals surface area contributed by atoms with Crippen LogP contribution in [0.25, 0.3) is 0 Å². The van der Waals surface area contributed by atoms with Crippen molar-refractivity contribution in [2.75, 3.05) is 13.6 Å². The van der Waals surface area contributed by atoms with Gasteiger partial charge in [0.2, 0.25) is 5.91 Å². The van der Waals surface area contributed by atoms with E-state index in [1.807, 2.05) is 31.3 Å². The molecule has 1 aliphatic rings. The Bertz CT molecular complexity index is 455. The van der Waals surface area contributed by atoms with E-state index in [9.17, 15) is 4.79 Å². The van der Waals surface area contributed by atoms with Crippen LogP contribution in [0.4, 0.5) is 0 Å². The van der Waals surface area contributed by atoms with Gasteiger partial charge < -0.3 is 10.6 Å². The molecule has 0 bridgehead atoms. The van der Waals surface area contributed by atoms with Crippen molar-refractivity contribution < 1.29 is 4.79 Å². The summed E-state index contributed by atoms with van der Waals surface area (Å²) in [6, 6.07) is 7.63. The van der Waals surface area contributed by atoms with Gasteiger partial charge in [-0.1, -0.05) is 36.6 Å². The molecule has 0 aromatic heterocycles. The minimum atomic E-state index is -0.326. The highest BCUT2D eigenvalue weighted by Crippen LogP contribution is 2.38. The van der Waals surface area contributed by atoms with E-state index in [-0.39, 0.29) is 11.3 Å². The summed E-state index contributed by atoms with van der Waals surface area (Å²) in [5, 5.41) is 0.702. The highest BCUT2D eigenvalue weighted by Gasteiger charge is 2.41. The molecule has 0 saturated heterocycles. The van der Waals surface area contributed by atoms with Crippen LogP contribution in [-0.2, 0) is 11.3 Å². The van der Waals surface area contributed by atoms with Crippen LogP contribution < -0.4 is 5.73 Å². The van der Waals surface area contributed by atoms with E-state index in [2.05, 4.69) is 0 Å². The van der Waals surface area contributed by atoms with Crippen LogP contribution in [0.3, 0.4) is 0 Å². The Hall–Kier alpha value is -1.06. The Labute approximate surface area is 119 Å². The molecular formula is C15H21ClN2O. The van der Waals surface area contributed by atoms with Gasteiger partial charge >= 0.3 is 0 Å². The zero-order chi connectivity index (χ0) is 13.9. The van der Waals surface area contributed by atoms with Crippen molar-refractivity contribution in [3.8, 4) is 0 Å². The molecule has 1 aliphatic carbocycles. The molecule has 0 aliphatic heterocycles. The number of hydrogen-bond acceptors (Lipinski definition) is 2. The van der Waals surface area contributed by atoms with Crippen molar-refractivity contribution in [2.45, 2.75) is 32.2 Å². The summed E-state index contributed by atoms with van der Waals surface area (Å²) in [6.07, 6.45) is 4.05. The number of rotatable bonds is 4. The number of hydrogen-bond donors (Lipinski definition) is 1. The van der Waals surface area contributed by atoms with Crippen LogP contribution in [0.5, 0.6) is 0 Å². The third-order valence-electron chi connectivity index (χ3n) is 4.06. The second-order valence-electron chi connectivity index (χ2n) is 5.48. The van der Waals surface area contributed by atoms with E-state index < -0.39 is 0 Å². The van der Waals surface area contributed by atoms with E-state index in [0.717, 1.165) is 31.2 Å². The predicted molar refractivity (Wildman–Crippen MR) is 77.9 cm³/mol. The molecule has 2 N–H and O–H groups in total. The lowest BCUT2D eigenvalue weighted by Crippen LogP contribution is -2.44. The molecule has 0 spiro atoms. The monoisotopic (exact) mass is 280 g/mol. The van der Waals surface area contributed by atoms with Crippen molar-refractivity contribution in [3.05, 3.63) is 34.9 Å². The lowest BCUT2D eigenvalue weighted by Gasteiger charge is -2.31. The van der Waals surface area contributed by atoms with Crippen molar-refractivity contribution in [3.63, 3.8) is 0 Å². The number of benzene rings is 1. The van der Waals surface area contributed by atoms with Crippen LogP contribution in [-0.4, -0.2) is 24.4 Å². The molecule has 1 aromatic rings. The summed E-state index contributed by atoms with van der Waals surface area (Å²) in [6.45, 7) is 1.03. The Kier molecular flexibility index (Phi) is 4.48. The lowest BCUT2D eigenvalue weighted by atomic mass is 9.84. The molecule has 0 heterocycles. The number of nitrogens with zero attached hydrogens (tertiary/aromatic N) is 1. The van der Waals surface area contributed by atoms with E-state index in [0.29, 0.717) is 18.1 Å². The summed E-state index contributed by atoms with van der Waals surface area (Å²) in [4.78, 5) is 14.4. The molecule has 104 valence electrons. The van der Waals surface area contributed by atoms with E-state index >= 15 is 0 Å². The third-order valence-corrected chi connectivity index (χ3v) is 4.30. The average Bonchev–Trinajstić information content (AvgIpc) is 2.87. The topological polar surface area (TPSA) is 46.3 Å². The van der Waals surface area contributed by atoms with E-state index in [4.69, 9.17) is 17.3 Å². The predicted octanol–water partition coefficient (Wildman–Crippen LogP) is 2.82. The smallest absolute Gasteiger partial charge is 0.230 e. The Morgan fingerprint density at radius 2 is 2.11 bits per heavy atom. The highest BCUT2D eigenvalue weighted by molar-refractivity contribution is 6.30. The fourth-order valence-electron chi connectivity index (χ4n) is 2.94. The highest BCUT2D eigenvalue weighted by atomic mass is 35.5. The average molecular weight is 281 g/mol. The second kappa shape index (κ2) is 5.93. The van der Waals surface area contributed by atoms with Crippen LogP contribution in [0, 0.1) is 5.41 Å². The SMILES string of the molecule is CN(Cc1cccc(Cl)c1)C(=O)C1(CN)CCCC1. The van der Waals surface area contributed by atoms with Gasteiger partial charge in [-0.25, -0.2) is 0 Å². The number of amides is 1. The van der Waals surface area contributed by atoms with Crippen LogP contribution in [0.2, 0.25) is 5.02 Å². The summed E-state index contributed by atoms with van der Waals surface area (Å²) >= 11 is 5.97. The first-order chi connectivity index (χ1) is 9.07. The fourth-order valence-corrected chi connectivity index (χ4v) is 3.16. The molecule has 2 rings (SSSR count). The van der Waals surface area contributed by atoms with Gasteiger partial charge in [0.15, 0.2) is 0 Å². The Morgan fingerprint density at radius 1 is 1.42 bits per heavy atom. The van der Waals surface area contributed by atoms with E-state index in [1.54, 1.807) is 4.90 Å². The first-order valence-electron chi connectivity index (χ1n) is 6.77. The van der Waals surface area contributed by atoms with Gasteiger partial charge in [0.05, 0.1) is 5.41 Å². The molecule has 4 heteroatoms. The van der Waals surface area contributed by atoms with Gasteiger partial charge in [-0.2, -0.15) is 0 Å². The normalized spacial score (nSPS) is 17.4. The Morgan fingerprint density at radius 3 is 2.68 bits per heavy atom. The van der Waals surface area contributed by atoms with Gasteiger partial charge in [-0.3, -0.25) is 4.79 Å². The molecule has 0 unspecified atom stereocenters. The van der Waals surface area contributed by atoms with Crippen molar-refractivity contribution in [2.24, 2.45) is 11.1 Å². The zero-order valence-corrected chi connectivity index (χ0v) is 12.1. The maximum absolute atomic E-state index is 12.6. The van der Waals surface area contributed by atoms with Crippen molar-refractivity contribution in [1.29, 1.82) is 0 Å². The van der Waals surface area contributed by atoms with Crippen molar-refractivity contribution >= 4 is 17.5 Å². The number of halogens is 1. The molecular weight excluding hydrogens is 260 g/mol. The quantitative estimate of drug-likeness (QED) is 0.922. The maximum Gasteiger partial charge on any atom is 0.230 e. The van der Waals surface area contributed by atoms with Gasteiger partial charge in [0.25, 0.3) is 0 Å². The first kappa shape index (κ1) is 14.4. The molecule has 1 amide bonds. The summed E-state index contributed by atoms with van der Waals surface area (Å²) in [5.74, 6) is 0.174. The minimum absolute atomic E-state index is 0.174. The Balaban J connectivity index is 2.07. The van der Waals surface area contributed by atoms with Crippen LogP contribution in [0.15, 0.2) is 24.3 Å². The molecule has 0 radical (unpaired) electrons. The van der Waals surface area contributed by atoms with Gasteiger partial charge in [0, 0.05) is 25.2 Å². The standard InChI is InChI=1S/C15H21ClN2O/c1-18(10-12-5-4-6-13(16)9-12)14(19)15(11-17)7-2-3-8-15/h4-6,9H,2-3,7-8,10-11,17H2,1H3. The molecule has 19 heavy (non-hydrogen) atoms. The molecule has 3 nitrogen and oxygen atoms in total. The second-order valence-corrected chi connectivity index (χ2v) is 5.92. The summed E-state index contributed by atoms with van der Waals surface area (Å²) in [7, 11) is 1.85. The van der Waals surface area contributed by atoms with Gasteiger partial charge in [-0.15, -0.1) is 0 Å². The summed E-state index contributed by atoms with van der Waals surface area (Å²) in [5.41, 5.74) is 6.58. The zero-order valence-electron chi connectivity index (χ0n) is 11.4. The maximum atomic E-state index is 12.6. The van der Waals surface area contributed by atoms with Crippen LogP contribution >= 0.6 is 11.6 Å². The summed E-state index contributed by atoms with van der Waals surface area (Å²) < 4.78 is 0. The number of carbonyl (C=O) groups excluding carboxylic acids is 1. The molecule has 0 atom stereocenters. The molecule has 1 aromatic carbocycles. The molecule has 1 fully saturated rings. The fraction of sp³-hybridized carbons (Fsp3) is 0.533. The third kappa shape index (κ3) is 3.10. The minimum Gasteiger partial charge on any atom is -0.341 e.